The molecule has 0 spiro atoms. The summed E-state index contributed by atoms with van der Waals surface area (Å²) >= 11 is 0. The minimum atomic E-state index is -0.641. The van der Waals surface area contributed by atoms with Gasteiger partial charge in [-0.2, -0.15) is 0 Å². The number of para-hydroxylation sites is 1. The van der Waals surface area contributed by atoms with Crippen LogP contribution < -0.4 is 16.7 Å². The Morgan fingerprint density at radius 2 is 2.14 bits per heavy atom. The molecule has 0 aliphatic carbocycles. The van der Waals surface area contributed by atoms with E-state index >= 15 is 0 Å². The molecule has 7 nitrogen and oxygen atoms in total. The van der Waals surface area contributed by atoms with Gasteiger partial charge in [-0.05, 0) is 17.7 Å². The minimum absolute atomic E-state index is 0.406. The maximum atomic E-state index is 11.7. The summed E-state index contributed by atoms with van der Waals surface area (Å²) in [5, 5.41) is 3.98. The van der Waals surface area contributed by atoms with E-state index in [1.807, 2.05) is 30.5 Å². The second-order valence-corrected chi connectivity index (χ2v) is 4.95. The van der Waals surface area contributed by atoms with Crippen LogP contribution in [0.25, 0.3) is 10.9 Å². The van der Waals surface area contributed by atoms with Gasteiger partial charge in [-0.15, -0.1) is 0 Å². The number of carbonyl (C=O) groups excluding carboxylic acids is 1. The summed E-state index contributed by atoms with van der Waals surface area (Å²) in [7, 11) is 0. The molecule has 1 atom stereocenters. The highest BCUT2D eigenvalue weighted by Crippen LogP contribution is 2.19. The smallest absolute Gasteiger partial charge is 0.346 e. The van der Waals surface area contributed by atoms with Gasteiger partial charge in [-0.1, -0.05) is 18.2 Å². The number of hydrogen-bond acceptors (Lipinski definition) is 4. The summed E-state index contributed by atoms with van der Waals surface area (Å²) in [5.41, 5.74) is 6.95. The van der Waals surface area contributed by atoms with Crippen molar-refractivity contribution >= 4 is 22.6 Å². The summed E-state index contributed by atoms with van der Waals surface area (Å²) in [6.07, 6.45) is 3.63. The lowest BCUT2D eigenvalue weighted by atomic mass is 10.0. The monoisotopic (exact) mass is 297 g/mol. The first-order valence-electron chi connectivity index (χ1n) is 6.79. The number of nitrogens with zero attached hydrogens (tertiary/aromatic N) is 1. The molecule has 5 N–H and O–H groups in total. The molecule has 0 aliphatic rings. The highest BCUT2D eigenvalue weighted by atomic mass is 16.1. The van der Waals surface area contributed by atoms with Gasteiger partial charge in [0.2, 0.25) is 5.91 Å². The lowest BCUT2D eigenvalue weighted by molar-refractivity contribution is -0.118. The third-order valence-corrected chi connectivity index (χ3v) is 3.45. The molecular formula is C15H15N5O2. The van der Waals surface area contributed by atoms with Crippen LogP contribution in [0.2, 0.25) is 0 Å². The molecule has 0 bridgehead atoms. The number of hydrogen-bond donors (Lipinski definition) is 4. The lowest BCUT2D eigenvalue weighted by Crippen LogP contribution is -2.37. The number of anilines is 1. The molecule has 112 valence electrons. The maximum absolute atomic E-state index is 11.7. The van der Waals surface area contributed by atoms with E-state index in [4.69, 9.17) is 5.73 Å². The van der Waals surface area contributed by atoms with Gasteiger partial charge in [-0.25, -0.2) is 9.78 Å². The lowest BCUT2D eigenvalue weighted by Gasteiger charge is -2.15. The van der Waals surface area contributed by atoms with E-state index in [-0.39, 0.29) is 0 Å². The zero-order chi connectivity index (χ0) is 15.5. The molecule has 0 aliphatic heterocycles. The van der Waals surface area contributed by atoms with Crippen LogP contribution in [0.1, 0.15) is 5.56 Å². The molecular weight excluding hydrogens is 282 g/mol. The number of fused-ring (bicyclic) bond motifs is 1. The SMILES string of the molecule is NC(=O)C(Cc1c[nH]c2ccccc12)Nc1ccnc(=O)[nH]1. The standard InChI is InChI=1S/C15H15N5O2/c16-14(21)12(19-13-5-6-17-15(22)20-13)7-9-8-18-11-4-2-1-3-10(9)11/h1-6,8,12,18H,7H2,(H2,16,21)(H2,17,19,20,22). The molecule has 0 saturated carbocycles. The van der Waals surface area contributed by atoms with Crippen molar-refractivity contribution in [2.45, 2.75) is 12.5 Å². The van der Waals surface area contributed by atoms with Crippen molar-refractivity contribution in [2.75, 3.05) is 5.32 Å². The molecule has 3 aromatic rings. The van der Waals surface area contributed by atoms with Gasteiger partial charge in [0.1, 0.15) is 11.9 Å². The van der Waals surface area contributed by atoms with E-state index in [1.54, 1.807) is 6.07 Å². The number of nitrogens with one attached hydrogen (secondary N) is 3. The Kier molecular flexibility index (Phi) is 3.61. The van der Waals surface area contributed by atoms with Crippen LogP contribution in [0.5, 0.6) is 0 Å². The maximum Gasteiger partial charge on any atom is 0.346 e. The molecule has 1 amide bonds. The third-order valence-electron chi connectivity index (χ3n) is 3.45. The Bertz CT molecular complexity index is 867. The Morgan fingerprint density at radius 1 is 1.32 bits per heavy atom. The summed E-state index contributed by atoms with van der Waals surface area (Å²) in [4.78, 5) is 32.1. The second kappa shape index (κ2) is 5.72. The third kappa shape index (κ3) is 2.83. The summed E-state index contributed by atoms with van der Waals surface area (Å²) < 4.78 is 0. The number of amides is 1. The van der Waals surface area contributed by atoms with Crippen LogP contribution in [-0.2, 0) is 11.2 Å². The quantitative estimate of drug-likeness (QED) is 0.556. The summed E-state index contributed by atoms with van der Waals surface area (Å²) in [6.45, 7) is 0. The number of primary amides is 1. The number of rotatable bonds is 5. The zero-order valence-electron chi connectivity index (χ0n) is 11.7. The highest BCUT2D eigenvalue weighted by molar-refractivity contribution is 5.86. The molecule has 1 unspecified atom stereocenters. The van der Waals surface area contributed by atoms with Crippen molar-refractivity contribution in [3.8, 4) is 0 Å². The Labute approximate surface area is 125 Å². The fourth-order valence-corrected chi connectivity index (χ4v) is 2.38. The molecule has 0 fully saturated rings. The molecule has 22 heavy (non-hydrogen) atoms. The van der Waals surface area contributed by atoms with Gasteiger partial charge < -0.3 is 16.0 Å². The second-order valence-electron chi connectivity index (χ2n) is 4.95. The van der Waals surface area contributed by atoms with Crippen molar-refractivity contribution < 1.29 is 4.79 Å². The van der Waals surface area contributed by atoms with Gasteiger partial charge in [0.15, 0.2) is 0 Å². The molecule has 0 saturated heterocycles. The molecule has 7 heteroatoms. The highest BCUT2D eigenvalue weighted by Gasteiger charge is 2.18. The number of carbonyl (C=O) groups is 1. The Balaban J connectivity index is 1.86. The topological polar surface area (TPSA) is 117 Å². The first-order chi connectivity index (χ1) is 10.6. The van der Waals surface area contributed by atoms with Gasteiger partial charge in [0.05, 0.1) is 0 Å². The summed E-state index contributed by atoms with van der Waals surface area (Å²) in [6, 6.07) is 8.75. The van der Waals surface area contributed by atoms with E-state index < -0.39 is 17.6 Å². The minimum Gasteiger partial charge on any atom is -0.368 e. The normalized spacial score (nSPS) is 12.2. The fourth-order valence-electron chi connectivity index (χ4n) is 2.38. The number of H-pyrrole nitrogens is 2. The Morgan fingerprint density at radius 3 is 2.91 bits per heavy atom. The van der Waals surface area contributed by atoms with Gasteiger partial charge in [-0.3, -0.25) is 9.78 Å². The van der Waals surface area contributed by atoms with Gasteiger partial charge >= 0.3 is 5.69 Å². The van der Waals surface area contributed by atoms with Crippen LogP contribution in [-0.4, -0.2) is 26.9 Å². The largest absolute Gasteiger partial charge is 0.368 e. The predicted octanol–water partition coefficient (Wildman–Crippen LogP) is 0.760. The van der Waals surface area contributed by atoms with Crippen molar-refractivity contribution in [1.82, 2.24) is 15.0 Å². The van der Waals surface area contributed by atoms with Crippen LogP contribution in [0.15, 0.2) is 47.5 Å². The molecule has 2 aromatic heterocycles. The van der Waals surface area contributed by atoms with E-state index in [1.165, 1.54) is 6.20 Å². The van der Waals surface area contributed by atoms with Crippen LogP contribution in [0.3, 0.4) is 0 Å². The summed E-state index contributed by atoms with van der Waals surface area (Å²) in [5.74, 6) is -0.0911. The van der Waals surface area contributed by atoms with Crippen molar-refractivity contribution in [3.05, 3.63) is 58.8 Å². The van der Waals surface area contributed by atoms with Crippen LogP contribution in [0.4, 0.5) is 5.82 Å². The number of nitrogens with two attached hydrogens (primary N) is 1. The number of aromatic amines is 2. The first kappa shape index (κ1) is 13.9. The number of benzene rings is 1. The molecule has 3 rings (SSSR count). The van der Waals surface area contributed by atoms with E-state index in [0.29, 0.717) is 12.2 Å². The molecule has 1 aromatic carbocycles. The predicted molar refractivity (Wildman–Crippen MR) is 83.5 cm³/mol. The fraction of sp³-hybridized carbons (Fsp3) is 0.133. The van der Waals surface area contributed by atoms with Crippen molar-refractivity contribution in [2.24, 2.45) is 5.73 Å². The van der Waals surface area contributed by atoms with E-state index in [2.05, 4.69) is 20.3 Å². The van der Waals surface area contributed by atoms with Gasteiger partial charge in [0, 0.05) is 29.7 Å². The van der Waals surface area contributed by atoms with Crippen molar-refractivity contribution in [3.63, 3.8) is 0 Å². The van der Waals surface area contributed by atoms with E-state index in [0.717, 1.165) is 16.5 Å². The van der Waals surface area contributed by atoms with Crippen molar-refractivity contribution in [1.29, 1.82) is 0 Å². The first-order valence-corrected chi connectivity index (χ1v) is 6.79. The average molecular weight is 297 g/mol. The number of aromatic nitrogens is 3. The van der Waals surface area contributed by atoms with Crippen LogP contribution >= 0.6 is 0 Å². The Hall–Kier alpha value is -3.09. The molecule has 0 radical (unpaired) electrons. The van der Waals surface area contributed by atoms with Gasteiger partial charge in [0.25, 0.3) is 0 Å². The van der Waals surface area contributed by atoms with E-state index in [9.17, 15) is 9.59 Å². The van der Waals surface area contributed by atoms with Crippen LogP contribution in [0, 0.1) is 0 Å². The average Bonchev–Trinajstić information content (AvgIpc) is 2.90. The zero-order valence-corrected chi connectivity index (χ0v) is 11.7. The molecule has 2 heterocycles.